The van der Waals surface area contributed by atoms with Gasteiger partial charge in [0.1, 0.15) is 5.76 Å². The van der Waals surface area contributed by atoms with Gasteiger partial charge in [0, 0.05) is 30.7 Å². The fraction of sp³-hybridized carbons (Fsp3) is 0.542. The second-order valence-corrected chi connectivity index (χ2v) is 9.29. The number of carbonyl (C=O) groups excluding carboxylic acids is 1. The van der Waals surface area contributed by atoms with Crippen LogP contribution in [0.25, 0.3) is 11.3 Å². The van der Waals surface area contributed by atoms with E-state index in [1.165, 1.54) is 5.56 Å². The minimum Gasteiger partial charge on any atom is -0.451 e. The van der Waals surface area contributed by atoms with Crippen molar-refractivity contribution >= 4 is 5.91 Å². The second kappa shape index (κ2) is 7.96. The first kappa shape index (κ1) is 20.2. The molecule has 0 saturated carbocycles. The fourth-order valence-electron chi connectivity index (χ4n) is 4.49. The highest BCUT2D eigenvalue weighted by molar-refractivity contribution is 5.92. The summed E-state index contributed by atoms with van der Waals surface area (Å²) >= 11 is 0. The normalized spacial score (nSPS) is 25.4. The van der Waals surface area contributed by atoms with Crippen LogP contribution >= 0.6 is 0 Å². The van der Waals surface area contributed by atoms with Crippen molar-refractivity contribution < 1.29 is 19.1 Å². The Balaban J connectivity index is 1.50. The molecule has 0 aliphatic carbocycles. The number of aliphatic hydroxyl groups is 1. The summed E-state index contributed by atoms with van der Waals surface area (Å²) in [4.78, 5) is 15.0. The zero-order valence-electron chi connectivity index (χ0n) is 17.6. The van der Waals surface area contributed by atoms with Crippen molar-refractivity contribution in [2.24, 2.45) is 5.92 Å². The number of furan rings is 1. The van der Waals surface area contributed by atoms with Gasteiger partial charge in [-0.15, -0.1) is 0 Å². The summed E-state index contributed by atoms with van der Waals surface area (Å²) in [6, 6.07) is 11.9. The lowest BCUT2D eigenvalue weighted by molar-refractivity contribution is -0.0591. The van der Waals surface area contributed by atoms with Crippen LogP contribution in [0, 0.1) is 5.92 Å². The molecule has 0 radical (unpaired) electrons. The Morgan fingerprint density at radius 3 is 2.55 bits per heavy atom. The molecular weight excluding hydrogens is 366 g/mol. The topological polar surface area (TPSA) is 62.9 Å². The monoisotopic (exact) mass is 397 g/mol. The van der Waals surface area contributed by atoms with Crippen LogP contribution < -0.4 is 0 Å². The molecular formula is C24H31NO4. The van der Waals surface area contributed by atoms with Gasteiger partial charge in [-0.25, -0.2) is 0 Å². The Labute approximate surface area is 172 Å². The van der Waals surface area contributed by atoms with Crippen LogP contribution in [0.2, 0.25) is 0 Å². The van der Waals surface area contributed by atoms with Gasteiger partial charge in [0.25, 0.3) is 5.91 Å². The highest BCUT2D eigenvalue weighted by Crippen LogP contribution is 2.32. The van der Waals surface area contributed by atoms with Crippen molar-refractivity contribution in [3.63, 3.8) is 0 Å². The molecule has 1 N–H and O–H groups in total. The lowest BCUT2D eigenvalue weighted by Gasteiger charge is -2.36. The number of nitrogens with zero attached hydrogens (tertiary/aromatic N) is 1. The summed E-state index contributed by atoms with van der Waals surface area (Å²) in [5.74, 6) is 0.945. The van der Waals surface area contributed by atoms with Crippen LogP contribution in [0.4, 0.5) is 0 Å². The first-order valence-electron chi connectivity index (χ1n) is 10.6. The van der Waals surface area contributed by atoms with E-state index in [1.807, 2.05) is 23.1 Å². The third kappa shape index (κ3) is 4.12. The van der Waals surface area contributed by atoms with E-state index in [1.54, 1.807) is 6.07 Å². The van der Waals surface area contributed by atoms with E-state index in [2.05, 4.69) is 32.9 Å². The number of rotatable bonds is 3. The molecule has 3 unspecified atom stereocenters. The summed E-state index contributed by atoms with van der Waals surface area (Å²) < 4.78 is 11.5. The summed E-state index contributed by atoms with van der Waals surface area (Å²) in [7, 11) is 0. The van der Waals surface area contributed by atoms with Gasteiger partial charge in [-0.3, -0.25) is 4.79 Å². The molecule has 4 rings (SSSR count). The zero-order chi connectivity index (χ0) is 20.6. The Kier molecular flexibility index (Phi) is 5.54. The lowest BCUT2D eigenvalue weighted by Crippen LogP contribution is -2.48. The smallest absolute Gasteiger partial charge is 0.289 e. The maximum atomic E-state index is 13.1. The number of ether oxygens (including phenoxy) is 1. The highest BCUT2D eigenvalue weighted by Gasteiger charge is 2.40. The maximum Gasteiger partial charge on any atom is 0.289 e. The molecule has 2 aromatic rings. The van der Waals surface area contributed by atoms with Crippen molar-refractivity contribution in [2.75, 3.05) is 19.8 Å². The molecule has 1 aromatic carbocycles. The number of amides is 1. The van der Waals surface area contributed by atoms with Gasteiger partial charge in [0.05, 0.1) is 12.7 Å². The zero-order valence-corrected chi connectivity index (χ0v) is 17.6. The molecule has 2 fully saturated rings. The third-order valence-corrected chi connectivity index (χ3v) is 6.27. The number of benzene rings is 1. The van der Waals surface area contributed by atoms with Gasteiger partial charge in [-0.2, -0.15) is 0 Å². The quantitative estimate of drug-likeness (QED) is 0.841. The summed E-state index contributed by atoms with van der Waals surface area (Å²) in [6.07, 6.45) is 2.08. The molecule has 2 saturated heterocycles. The molecule has 0 bridgehead atoms. The van der Waals surface area contributed by atoms with Crippen LogP contribution in [0.15, 0.2) is 40.8 Å². The maximum absolute atomic E-state index is 13.1. The molecule has 0 spiro atoms. The highest BCUT2D eigenvalue weighted by atomic mass is 16.5. The molecule has 156 valence electrons. The Hall–Kier alpha value is -2.11. The minimum atomic E-state index is -0.407. The Bertz CT molecular complexity index is 849. The van der Waals surface area contributed by atoms with E-state index >= 15 is 0 Å². The number of hydrogen-bond donors (Lipinski definition) is 1. The average Bonchev–Trinajstić information content (AvgIpc) is 3.37. The third-order valence-electron chi connectivity index (χ3n) is 6.27. The molecule has 5 heteroatoms. The van der Waals surface area contributed by atoms with Crippen LogP contribution in [0.3, 0.4) is 0 Å². The standard InChI is InChI=1S/C24H31NO4/c1-24(2,3)17-8-6-16(7-9-17)21-10-11-22(29-21)23(27)25-13-4-5-19(25)18-15-28-14-12-20(18)26/h6-11,18-20,26H,4-5,12-15H2,1-3H3. The van der Waals surface area contributed by atoms with Crippen molar-refractivity contribution in [3.05, 3.63) is 47.7 Å². The van der Waals surface area contributed by atoms with Crippen LogP contribution in [0.5, 0.6) is 0 Å². The van der Waals surface area contributed by atoms with Crippen LogP contribution in [0.1, 0.15) is 56.2 Å². The molecule has 2 aliphatic rings. The van der Waals surface area contributed by atoms with E-state index < -0.39 is 6.10 Å². The summed E-state index contributed by atoms with van der Waals surface area (Å²) in [5, 5.41) is 10.4. The number of likely N-dealkylation sites (tertiary alicyclic amines) is 1. The molecule has 3 heterocycles. The van der Waals surface area contributed by atoms with E-state index in [-0.39, 0.29) is 23.3 Å². The average molecular weight is 398 g/mol. The van der Waals surface area contributed by atoms with Crippen molar-refractivity contribution in [1.29, 1.82) is 0 Å². The van der Waals surface area contributed by atoms with Crippen LogP contribution in [-0.2, 0) is 10.2 Å². The summed E-state index contributed by atoms with van der Waals surface area (Å²) in [6.45, 7) is 8.36. The van der Waals surface area contributed by atoms with Crippen LogP contribution in [-0.4, -0.2) is 47.8 Å². The van der Waals surface area contributed by atoms with Gasteiger partial charge >= 0.3 is 0 Å². The van der Waals surface area contributed by atoms with E-state index in [9.17, 15) is 9.90 Å². The summed E-state index contributed by atoms with van der Waals surface area (Å²) in [5.41, 5.74) is 2.32. The second-order valence-electron chi connectivity index (χ2n) is 9.29. The van der Waals surface area contributed by atoms with Crippen molar-refractivity contribution in [1.82, 2.24) is 4.90 Å². The fourth-order valence-corrected chi connectivity index (χ4v) is 4.49. The first-order chi connectivity index (χ1) is 13.8. The molecule has 3 atom stereocenters. The first-order valence-corrected chi connectivity index (χ1v) is 10.6. The Morgan fingerprint density at radius 2 is 1.86 bits per heavy atom. The number of carbonyl (C=O) groups is 1. The van der Waals surface area contributed by atoms with Crippen molar-refractivity contribution in [2.45, 2.75) is 57.6 Å². The van der Waals surface area contributed by atoms with Gasteiger partial charge in [0.15, 0.2) is 5.76 Å². The van der Waals surface area contributed by atoms with E-state index in [0.29, 0.717) is 37.7 Å². The molecule has 1 aromatic heterocycles. The number of hydrogen-bond acceptors (Lipinski definition) is 4. The van der Waals surface area contributed by atoms with Gasteiger partial charge in [0.2, 0.25) is 0 Å². The SMILES string of the molecule is CC(C)(C)c1ccc(-c2ccc(C(=O)N3CCCC3C3COCCC3O)o2)cc1. The van der Waals surface area contributed by atoms with Gasteiger partial charge < -0.3 is 19.2 Å². The molecule has 2 aliphatic heterocycles. The van der Waals surface area contributed by atoms with E-state index in [4.69, 9.17) is 9.15 Å². The minimum absolute atomic E-state index is 0.0115. The number of aliphatic hydroxyl groups excluding tert-OH is 1. The predicted molar refractivity (Wildman–Crippen MR) is 112 cm³/mol. The molecule has 5 nitrogen and oxygen atoms in total. The largest absolute Gasteiger partial charge is 0.451 e. The Morgan fingerprint density at radius 1 is 1.10 bits per heavy atom. The van der Waals surface area contributed by atoms with Gasteiger partial charge in [-0.1, -0.05) is 45.0 Å². The lowest BCUT2D eigenvalue weighted by atomic mass is 9.86. The molecule has 1 amide bonds. The van der Waals surface area contributed by atoms with Gasteiger partial charge in [-0.05, 0) is 42.4 Å². The van der Waals surface area contributed by atoms with E-state index in [0.717, 1.165) is 18.4 Å². The molecule has 29 heavy (non-hydrogen) atoms. The van der Waals surface area contributed by atoms with Crippen molar-refractivity contribution in [3.8, 4) is 11.3 Å². The predicted octanol–water partition coefficient (Wildman–Crippen LogP) is 4.25.